The van der Waals surface area contributed by atoms with Gasteiger partial charge in [0.15, 0.2) is 0 Å². The van der Waals surface area contributed by atoms with Crippen molar-refractivity contribution >= 4 is 17.9 Å². The summed E-state index contributed by atoms with van der Waals surface area (Å²) in [6.07, 6.45) is 10.7. The maximum absolute atomic E-state index is 12.5. The van der Waals surface area contributed by atoms with Crippen molar-refractivity contribution in [2.75, 3.05) is 12.8 Å². The predicted octanol–water partition coefficient (Wildman–Crippen LogP) is 3.79. The lowest BCUT2D eigenvalue weighted by atomic mass is 9.83. The molecule has 3 rings (SSSR count). The molecule has 5 heteroatoms. The Morgan fingerprint density at radius 3 is 2.30 bits per heavy atom. The Labute approximate surface area is 145 Å². The van der Waals surface area contributed by atoms with Crippen LogP contribution in [0.2, 0.25) is 0 Å². The maximum atomic E-state index is 12.5. The molecule has 2 bridgehead atoms. The number of ether oxygens (including phenoxy) is 1. The number of fused-ring (bicyclic) bond motifs is 2. The van der Waals surface area contributed by atoms with Gasteiger partial charge in [0.1, 0.15) is 5.60 Å². The summed E-state index contributed by atoms with van der Waals surface area (Å²) in [5.41, 5.74) is -0.402. The van der Waals surface area contributed by atoms with E-state index in [0.717, 1.165) is 32.2 Å². The van der Waals surface area contributed by atoms with Crippen LogP contribution in [0.15, 0.2) is 0 Å². The summed E-state index contributed by atoms with van der Waals surface area (Å²) in [7, 11) is 0. The van der Waals surface area contributed by atoms with Crippen LogP contribution in [0.1, 0.15) is 65.7 Å². The molecule has 1 amide bonds. The van der Waals surface area contributed by atoms with Crippen LogP contribution < -0.4 is 5.32 Å². The van der Waals surface area contributed by atoms with E-state index < -0.39 is 5.60 Å². The van der Waals surface area contributed by atoms with Crippen LogP contribution >= 0.6 is 11.8 Å². The lowest BCUT2D eigenvalue weighted by Crippen LogP contribution is -2.55. The highest BCUT2D eigenvalue weighted by Crippen LogP contribution is 2.43. The molecule has 0 spiro atoms. The Morgan fingerprint density at radius 2 is 1.87 bits per heavy atom. The third kappa shape index (κ3) is 3.81. The number of amides is 1. The Morgan fingerprint density at radius 1 is 1.26 bits per heavy atom. The fourth-order valence-electron chi connectivity index (χ4n) is 4.31. The van der Waals surface area contributed by atoms with E-state index in [1.807, 2.05) is 37.4 Å². The van der Waals surface area contributed by atoms with E-state index in [0.29, 0.717) is 22.9 Å². The number of carbonyl (C=O) groups is 1. The standard InChI is InChI=1S/C18H32N2O2S/c1-17(2,3)22-16(21)20-14-6-7-15(20)11-13(10-14)19-12-18(23-4)8-5-9-18/h13-15,19H,5-12H2,1-4H3. The summed E-state index contributed by atoms with van der Waals surface area (Å²) in [5.74, 6) is 0. The molecule has 1 saturated carbocycles. The fraction of sp³-hybridized carbons (Fsp3) is 0.944. The monoisotopic (exact) mass is 340 g/mol. The molecule has 2 unspecified atom stereocenters. The topological polar surface area (TPSA) is 41.6 Å². The lowest BCUT2D eigenvalue weighted by Gasteiger charge is -2.44. The zero-order valence-corrected chi connectivity index (χ0v) is 15.9. The average molecular weight is 341 g/mol. The molecule has 0 aromatic heterocycles. The van der Waals surface area contributed by atoms with E-state index in [1.165, 1.54) is 19.3 Å². The minimum atomic E-state index is -0.402. The summed E-state index contributed by atoms with van der Waals surface area (Å²) in [5, 5.41) is 3.82. The van der Waals surface area contributed by atoms with Gasteiger partial charge in [-0.05, 0) is 65.6 Å². The molecule has 2 saturated heterocycles. The third-order valence-electron chi connectivity index (χ3n) is 5.75. The third-order valence-corrected chi connectivity index (χ3v) is 7.17. The second kappa shape index (κ2) is 6.47. The highest BCUT2D eigenvalue weighted by atomic mass is 32.2. The molecule has 3 fully saturated rings. The summed E-state index contributed by atoms with van der Waals surface area (Å²) >= 11 is 2.03. The van der Waals surface area contributed by atoms with Crippen LogP contribution in [-0.2, 0) is 4.74 Å². The quantitative estimate of drug-likeness (QED) is 0.845. The van der Waals surface area contributed by atoms with Gasteiger partial charge in [0, 0.05) is 29.4 Å². The average Bonchev–Trinajstić information content (AvgIpc) is 2.68. The molecule has 132 valence electrons. The van der Waals surface area contributed by atoms with Crippen LogP contribution in [0.4, 0.5) is 4.79 Å². The number of nitrogens with one attached hydrogen (secondary N) is 1. The Balaban J connectivity index is 1.53. The van der Waals surface area contributed by atoms with Crippen molar-refractivity contribution in [2.45, 2.75) is 94.2 Å². The van der Waals surface area contributed by atoms with E-state index in [9.17, 15) is 4.79 Å². The second-order valence-corrected chi connectivity index (χ2v) is 9.84. The van der Waals surface area contributed by atoms with Crippen molar-refractivity contribution in [3.63, 3.8) is 0 Å². The first-order chi connectivity index (χ1) is 10.8. The molecule has 0 radical (unpaired) electrons. The van der Waals surface area contributed by atoms with Gasteiger partial charge < -0.3 is 15.0 Å². The molecule has 2 atom stereocenters. The Kier molecular flexibility index (Phi) is 4.90. The first-order valence-corrected chi connectivity index (χ1v) is 10.3. The van der Waals surface area contributed by atoms with Crippen LogP contribution in [0.3, 0.4) is 0 Å². The predicted molar refractivity (Wildman–Crippen MR) is 96.0 cm³/mol. The molecule has 3 aliphatic rings. The number of rotatable bonds is 4. The van der Waals surface area contributed by atoms with Crippen LogP contribution in [0.25, 0.3) is 0 Å². The van der Waals surface area contributed by atoms with E-state index in [2.05, 4.69) is 11.6 Å². The first kappa shape index (κ1) is 17.4. The van der Waals surface area contributed by atoms with Crippen molar-refractivity contribution in [2.24, 2.45) is 0 Å². The largest absolute Gasteiger partial charge is 0.444 e. The summed E-state index contributed by atoms with van der Waals surface area (Å²) in [6.45, 7) is 6.97. The lowest BCUT2D eigenvalue weighted by molar-refractivity contribution is 0.00454. The summed E-state index contributed by atoms with van der Waals surface area (Å²) in [4.78, 5) is 14.5. The minimum Gasteiger partial charge on any atom is -0.444 e. The fourth-order valence-corrected chi connectivity index (χ4v) is 5.24. The highest BCUT2D eigenvalue weighted by Gasteiger charge is 2.45. The van der Waals surface area contributed by atoms with Gasteiger partial charge >= 0.3 is 6.09 Å². The second-order valence-electron chi connectivity index (χ2n) is 8.56. The van der Waals surface area contributed by atoms with Gasteiger partial charge in [0.05, 0.1) is 0 Å². The molecule has 1 N–H and O–H groups in total. The minimum absolute atomic E-state index is 0.108. The van der Waals surface area contributed by atoms with Crippen LogP contribution in [0.5, 0.6) is 0 Å². The normalized spacial score (nSPS) is 32.5. The number of thioether (sulfide) groups is 1. The SMILES string of the molecule is CSC1(CNC2CC3CCC(C2)N3C(=O)OC(C)(C)C)CCC1. The van der Waals surface area contributed by atoms with Gasteiger partial charge in [-0.2, -0.15) is 11.8 Å². The zero-order valence-electron chi connectivity index (χ0n) is 15.1. The summed E-state index contributed by atoms with van der Waals surface area (Å²) in [6, 6.07) is 1.30. The van der Waals surface area contributed by atoms with E-state index in [-0.39, 0.29) is 6.09 Å². The molecule has 2 aliphatic heterocycles. The van der Waals surface area contributed by atoms with E-state index in [4.69, 9.17) is 4.74 Å². The number of nitrogens with zero attached hydrogens (tertiary/aromatic N) is 1. The smallest absolute Gasteiger partial charge is 0.410 e. The van der Waals surface area contributed by atoms with Gasteiger partial charge in [-0.3, -0.25) is 0 Å². The van der Waals surface area contributed by atoms with Crippen molar-refractivity contribution in [3.05, 3.63) is 0 Å². The van der Waals surface area contributed by atoms with Gasteiger partial charge in [-0.15, -0.1) is 0 Å². The van der Waals surface area contributed by atoms with Crippen LogP contribution in [-0.4, -0.2) is 52.3 Å². The molecule has 1 aliphatic carbocycles. The molecule has 23 heavy (non-hydrogen) atoms. The molecular formula is C18H32N2O2S. The summed E-state index contributed by atoms with van der Waals surface area (Å²) < 4.78 is 6.10. The van der Waals surface area contributed by atoms with Gasteiger partial charge in [-0.1, -0.05) is 6.42 Å². The van der Waals surface area contributed by atoms with Crippen molar-refractivity contribution in [3.8, 4) is 0 Å². The Hall–Kier alpha value is -0.420. The molecule has 4 nitrogen and oxygen atoms in total. The van der Waals surface area contributed by atoms with E-state index >= 15 is 0 Å². The number of hydrogen-bond acceptors (Lipinski definition) is 4. The van der Waals surface area contributed by atoms with Gasteiger partial charge in [0.2, 0.25) is 0 Å². The first-order valence-electron chi connectivity index (χ1n) is 9.12. The Bertz CT molecular complexity index is 425. The van der Waals surface area contributed by atoms with Crippen molar-refractivity contribution in [1.82, 2.24) is 10.2 Å². The van der Waals surface area contributed by atoms with Gasteiger partial charge in [0.25, 0.3) is 0 Å². The van der Waals surface area contributed by atoms with Crippen molar-refractivity contribution < 1.29 is 9.53 Å². The van der Waals surface area contributed by atoms with Crippen molar-refractivity contribution in [1.29, 1.82) is 0 Å². The molecule has 0 aromatic carbocycles. The van der Waals surface area contributed by atoms with Gasteiger partial charge in [-0.25, -0.2) is 4.79 Å². The maximum Gasteiger partial charge on any atom is 0.410 e. The van der Waals surface area contributed by atoms with E-state index in [1.54, 1.807) is 0 Å². The number of carbonyl (C=O) groups excluding carboxylic acids is 1. The molecule has 0 aromatic rings. The van der Waals surface area contributed by atoms with Crippen LogP contribution in [0, 0.1) is 0 Å². The number of piperidine rings is 1. The number of hydrogen-bond donors (Lipinski definition) is 1. The molecular weight excluding hydrogens is 308 g/mol. The molecule has 2 heterocycles. The zero-order chi connectivity index (χ0) is 16.7. The highest BCUT2D eigenvalue weighted by molar-refractivity contribution is 8.00.